The second-order valence-corrected chi connectivity index (χ2v) is 5.32. The second-order valence-electron chi connectivity index (χ2n) is 5.32. The van der Waals surface area contributed by atoms with Gasteiger partial charge < -0.3 is 0 Å². The number of Topliss-reactive ketones (excluding diaryl/α,β-unsaturated/α-hetero) is 1. The maximum Gasteiger partial charge on any atom is 0.169 e. The second kappa shape index (κ2) is 6.66. The van der Waals surface area contributed by atoms with Gasteiger partial charge in [0, 0.05) is 11.8 Å². The number of nitrogens with zero attached hydrogens (tertiary/aromatic N) is 2. The van der Waals surface area contributed by atoms with E-state index in [2.05, 4.69) is 18.9 Å². The van der Waals surface area contributed by atoms with Crippen LogP contribution in [0.5, 0.6) is 0 Å². The van der Waals surface area contributed by atoms with Crippen molar-refractivity contribution in [3.8, 4) is 0 Å². The van der Waals surface area contributed by atoms with Crippen molar-refractivity contribution in [1.29, 1.82) is 0 Å². The molecule has 3 nitrogen and oxygen atoms in total. The van der Waals surface area contributed by atoms with Crippen molar-refractivity contribution in [3.63, 3.8) is 0 Å². The van der Waals surface area contributed by atoms with Crippen LogP contribution in [0.2, 0.25) is 0 Å². The normalized spacial score (nSPS) is 11.1. The van der Waals surface area contributed by atoms with Crippen LogP contribution < -0.4 is 0 Å². The Morgan fingerprint density at radius 1 is 1.29 bits per heavy atom. The molecule has 1 heterocycles. The molecule has 0 fully saturated rings. The summed E-state index contributed by atoms with van der Waals surface area (Å²) in [6.45, 7) is 6.00. The number of hydrogen-bond donors (Lipinski definition) is 0. The smallest absolute Gasteiger partial charge is 0.169 e. The standard InChI is InChI=1S/C17H21FN2O/c1-4-15(5-2)20-9-8-14(19-20)11-17(21)16-7-6-13(18)10-12(16)3/h6-10,15H,4-5,11H2,1-3H3. The molecule has 2 rings (SSSR count). The minimum absolute atomic E-state index is 0.0257. The molecule has 0 spiro atoms. The van der Waals surface area contributed by atoms with Crippen molar-refractivity contribution >= 4 is 5.78 Å². The summed E-state index contributed by atoms with van der Waals surface area (Å²) < 4.78 is 15.0. The van der Waals surface area contributed by atoms with Crippen LogP contribution in [-0.2, 0) is 6.42 Å². The van der Waals surface area contributed by atoms with Gasteiger partial charge in [-0.3, -0.25) is 9.48 Å². The highest BCUT2D eigenvalue weighted by Crippen LogP contribution is 2.16. The van der Waals surface area contributed by atoms with Crippen molar-refractivity contribution in [2.75, 3.05) is 0 Å². The Bertz CT molecular complexity index is 629. The Balaban J connectivity index is 2.13. The minimum Gasteiger partial charge on any atom is -0.294 e. The third kappa shape index (κ3) is 3.57. The molecule has 0 bridgehead atoms. The van der Waals surface area contributed by atoms with Crippen LogP contribution in [0, 0.1) is 12.7 Å². The Hall–Kier alpha value is -1.97. The first-order valence-corrected chi connectivity index (χ1v) is 7.38. The predicted molar refractivity (Wildman–Crippen MR) is 81.0 cm³/mol. The molecule has 0 saturated heterocycles. The first kappa shape index (κ1) is 15.4. The van der Waals surface area contributed by atoms with Crippen LogP contribution in [0.4, 0.5) is 4.39 Å². The first-order chi connectivity index (χ1) is 10.0. The van der Waals surface area contributed by atoms with Crippen LogP contribution in [0.15, 0.2) is 30.5 Å². The summed E-state index contributed by atoms with van der Waals surface area (Å²) in [5.74, 6) is -0.343. The summed E-state index contributed by atoms with van der Waals surface area (Å²) in [4.78, 5) is 12.3. The van der Waals surface area contributed by atoms with Crippen molar-refractivity contribution in [3.05, 3.63) is 53.1 Å². The Morgan fingerprint density at radius 3 is 2.62 bits per heavy atom. The maximum atomic E-state index is 13.1. The lowest BCUT2D eigenvalue weighted by molar-refractivity contribution is 0.0991. The van der Waals surface area contributed by atoms with E-state index >= 15 is 0 Å². The van der Waals surface area contributed by atoms with Crippen molar-refractivity contribution in [2.45, 2.75) is 46.1 Å². The zero-order valence-electron chi connectivity index (χ0n) is 12.8. The van der Waals surface area contributed by atoms with Gasteiger partial charge in [-0.1, -0.05) is 13.8 Å². The van der Waals surface area contributed by atoms with Gasteiger partial charge in [-0.25, -0.2) is 4.39 Å². The minimum atomic E-state index is -0.318. The van der Waals surface area contributed by atoms with E-state index < -0.39 is 0 Å². The van der Waals surface area contributed by atoms with Gasteiger partial charge in [0.2, 0.25) is 0 Å². The Labute approximate surface area is 124 Å². The lowest BCUT2D eigenvalue weighted by atomic mass is 10.0. The number of benzene rings is 1. The number of aromatic nitrogens is 2. The SMILES string of the molecule is CCC(CC)n1ccc(CC(=O)c2ccc(F)cc2C)n1. The van der Waals surface area contributed by atoms with Crippen LogP contribution in [-0.4, -0.2) is 15.6 Å². The third-order valence-electron chi connectivity index (χ3n) is 3.81. The van der Waals surface area contributed by atoms with E-state index in [9.17, 15) is 9.18 Å². The number of aryl methyl sites for hydroxylation is 1. The van der Waals surface area contributed by atoms with E-state index in [1.54, 1.807) is 13.0 Å². The molecule has 0 N–H and O–H groups in total. The summed E-state index contributed by atoms with van der Waals surface area (Å²) in [5.41, 5.74) is 1.99. The van der Waals surface area contributed by atoms with Crippen LogP contribution in [0.1, 0.15) is 54.3 Å². The van der Waals surface area contributed by atoms with Crippen molar-refractivity contribution < 1.29 is 9.18 Å². The highest BCUT2D eigenvalue weighted by Gasteiger charge is 2.14. The molecule has 0 amide bonds. The molecular weight excluding hydrogens is 267 g/mol. The average molecular weight is 288 g/mol. The molecule has 2 aromatic rings. The van der Waals surface area contributed by atoms with E-state index in [0.29, 0.717) is 17.2 Å². The van der Waals surface area contributed by atoms with E-state index in [1.165, 1.54) is 12.1 Å². The monoisotopic (exact) mass is 288 g/mol. The third-order valence-corrected chi connectivity index (χ3v) is 3.81. The largest absolute Gasteiger partial charge is 0.294 e. The zero-order valence-corrected chi connectivity index (χ0v) is 12.8. The molecule has 0 aliphatic rings. The Morgan fingerprint density at radius 2 is 2.00 bits per heavy atom. The van der Waals surface area contributed by atoms with Crippen LogP contribution >= 0.6 is 0 Å². The van der Waals surface area contributed by atoms with E-state index in [-0.39, 0.29) is 18.0 Å². The summed E-state index contributed by atoms with van der Waals surface area (Å²) in [5, 5.41) is 4.49. The topological polar surface area (TPSA) is 34.9 Å². The van der Waals surface area contributed by atoms with E-state index in [0.717, 1.165) is 18.5 Å². The Kier molecular flexibility index (Phi) is 4.89. The van der Waals surface area contributed by atoms with Crippen LogP contribution in [0.25, 0.3) is 0 Å². The van der Waals surface area contributed by atoms with Gasteiger partial charge in [0.25, 0.3) is 0 Å². The molecule has 21 heavy (non-hydrogen) atoms. The van der Waals surface area contributed by atoms with Crippen LogP contribution in [0.3, 0.4) is 0 Å². The van der Waals surface area contributed by atoms with Gasteiger partial charge >= 0.3 is 0 Å². The number of carbonyl (C=O) groups is 1. The number of ketones is 1. The number of rotatable bonds is 6. The van der Waals surface area contributed by atoms with Gasteiger partial charge in [-0.05, 0) is 49.6 Å². The maximum absolute atomic E-state index is 13.1. The highest BCUT2D eigenvalue weighted by atomic mass is 19.1. The summed E-state index contributed by atoms with van der Waals surface area (Å²) in [6, 6.07) is 6.51. The summed E-state index contributed by atoms with van der Waals surface area (Å²) >= 11 is 0. The molecule has 1 aromatic heterocycles. The molecule has 4 heteroatoms. The number of halogens is 1. The van der Waals surface area contributed by atoms with E-state index in [4.69, 9.17) is 0 Å². The van der Waals surface area contributed by atoms with Gasteiger partial charge in [0.1, 0.15) is 5.82 Å². The summed E-state index contributed by atoms with van der Waals surface area (Å²) in [7, 11) is 0. The lowest BCUT2D eigenvalue weighted by Crippen LogP contribution is -2.10. The highest BCUT2D eigenvalue weighted by molar-refractivity contribution is 5.98. The van der Waals surface area contributed by atoms with Gasteiger partial charge in [0.15, 0.2) is 5.78 Å². The van der Waals surface area contributed by atoms with Gasteiger partial charge in [-0.2, -0.15) is 5.10 Å². The quantitative estimate of drug-likeness (QED) is 0.749. The molecular formula is C17H21FN2O. The molecule has 0 saturated carbocycles. The molecule has 0 unspecified atom stereocenters. The number of carbonyl (C=O) groups excluding carboxylic acids is 1. The molecule has 112 valence electrons. The van der Waals surface area contributed by atoms with Crippen molar-refractivity contribution in [2.24, 2.45) is 0 Å². The fourth-order valence-electron chi connectivity index (χ4n) is 2.54. The fraction of sp³-hybridized carbons (Fsp3) is 0.412. The molecule has 1 aromatic carbocycles. The molecule has 0 aliphatic carbocycles. The van der Waals surface area contributed by atoms with Gasteiger partial charge in [0.05, 0.1) is 18.2 Å². The van der Waals surface area contributed by atoms with E-state index in [1.807, 2.05) is 16.9 Å². The lowest BCUT2D eigenvalue weighted by Gasteiger charge is -2.12. The average Bonchev–Trinajstić information content (AvgIpc) is 2.88. The van der Waals surface area contributed by atoms with Gasteiger partial charge in [-0.15, -0.1) is 0 Å². The molecule has 0 atom stereocenters. The molecule has 0 aliphatic heterocycles. The fourth-order valence-corrected chi connectivity index (χ4v) is 2.54. The predicted octanol–water partition coefficient (Wildman–Crippen LogP) is 4.12. The summed E-state index contributed by atoms with van der Waals surface area (Å²) in [6.07, 6.45) is 4.21. The first-order valence-electron chi connectivity index (χ1n) is 7.38. The zero-order chi connectivity index (χ0) is 15.4. The number of hydrogen-bond acceptors (Lipinski definition) is 2. The van der Waals surface area contributed by atoms with Crippen molar-refractivity contribution in [1.82, 2.24) is 9.78 Å². The molecule has 0 radical (unpaired) electrons.